The number of esters is 2. The highest BCUT2D eigenvalue weighted by atomic mass is 16.5. The highest BCUT2D eigenvalue weighted by Crippen LogP contribution is 2.16. The number of aromatic amines is 1. The maximum absolute atomic E-state index is 12.4. The van der Waals surface area contributed by atoms with Gasteiger partial charge in [0.15, 0.2) is 11.2 Å². The molecule has 0 unspecified atom stereocenters. The zero-order chi connectivity index (χ0) is 35.0. The molecular formula is C37H64N6O5. The van der Waals surface area contributed by atoms with Crippen LogP contribution in [0.3, 0.4) is 0 Å². The highest BCUT2D eigenvalue weighted by Gasteiger charge is 2.22. The number of nitrogens with one attached hydrogen (secondary N) is 1. The van der Waals surface area contributed by atoms with E-state index in [9.17, 15) is 14.4 Å². The smallest absolute Gasteiger partial charge is 0.323 e. The lowest BCUT2D eigenvalue weighted by Gasteiger charge is -2.20. The van der Waals surface area contributed by atoms with E-state index in [1.807, 2.05) is 13.8 Å². The van der Waals surface area contributed by atoms with Crippen LogP contribution in [0.5, 0.6) is 0 Å². The molecular weight excluding hydrogens is 608 g/mol. The van der Waals surface area contributed by atoms with Gasteiger partial charge in [-0.2, -0.15) is 4.98 Å². The molecule has 2 rings (SSSR count). The Morgan fingerprint density at radius 2 is 1.48 bits per heavy atom. The van der Waals surface area contributed by atoms with Gasteiger partial charge in [-0.3, -0.25) is 19.4 Å². The third-order valence-corrected chi connectivity index (χ3v) is 8.83. The predicted octanol–water partition coefficient (Wildman–Crippen LogP) is 7.38. The number of aromatic nitrogens is 4. The van der Waals surface area contributed by atoms with Crippen LogP contribution >= 0.6 is 0 Å². The van der Waals surface area contributed by atoms with E-state index in [4.69, 9.17) is 20.9 Å². The summed E-state index contributed by atoms with van der Waals surface area (Å²) in [6.45, 7) is 6.58. The number of nitrogens with zero attached hydrogens (tertiary/aromatic N) is 3. The molecule has 2 aromatic heterocycles. The SMILES string of the molecule is CCCCCCCC/C=C/CCCCCCCCCCCC(=O)OCC[C@@H](COC(=O)[C@@H](N)C(C)C)Cn1cnc2c(=O)[nH]c(N)nc21. The standard InChI is InChI=1S/C37H64N6O5/c1-4-5-6-7-8-9-10-11-12-13-14-15-16-17-18-19-20-21-22-23-31(44)47-25-24-30(27-48-36(46)32(38)29(2)3)26-43-28-40-33-34(43)41-37(39)42-35(33)45/h11-12,28-30,32H,4-10,13-27,38H2,1-3H3,(H3,39,41,42,45)/b12-11+/t30-,32+/m1/s1. The molecule has 11 nitrogen and oxygen atoms in total. The number of carbonyl (C=O) groups excluding carboxylic acids is 2. The average Bonchev–Trinajstić information content (AvgIpc) is 3.46. The van der Waals surface area contributed by atoms with Gasteiger partial charge >= 0.3 is 11.9 Å². The number of H-pyrrole nitrogens is 1. The number of unbranched alkanes of at least 4 members (excludes halogenated alkanes) is 15. The molecule has 272 valence electrons. The van der Waals surface area contributed by atoms with Crippen LogP contribution in [0, 0.1) is 11.8 Å². The fourth-order valence-electron chi connectivity index (χ4n) is 5.64. The minimum atomic E-state index is -0.727. The Morgan fingerprint density at radius 3 is 2.08 bits per heavy atom. The zero-order valence-corrected chi connectivity index (χ0v) is 30.1. The molecule has 48 heavy (non-hydrogen) atoms. The van der Waals surface area contributed by atoms with Crippen molar-refractivity contribution in [2.45, 2.75) is 155 Å². The van der Waals surface area contributed by atoms with Crippen LogP contribution in [0.4, 0.5) is 5.95 Å². The fraction of sp³-hybridized carbons (Fsp3) is 0.757. The third-order valence-electron chi connectivity index (χ3n) is 8.83. The minimum absolute atomic E-state index is 0.0123. The second kappa shape index (κ2) is 24.9. The predicted molar refractivity (Wildman–Crippen MR) is 193 cm³/mol. The van der Waals surface area contributed by atoms with Crippen molar-refractivity contribution < 1.29 is 19.1 Å². The van der Waals surface area contributed by atoms with Gasteiger partial charge in [0.2, 0.25) is 5.95 Å². The summed E-state index contributed by atoms with van der Waals surface area (Å²) in [7, 11) is 0. The van der Waals surface area contributed by atoms with Crippen LogP contribution in [-0.2, 0) is 25.6 Å². The number of imidazole rings is 1. The number of nitrogens with two attached hydrogens (primary N) is 2. The molecule has 2 aromatic rings. The summed E-state index contributed by atoms with van der Waals surface area (Å²) in [4.78, 5) is 47.8. The summed E-state index contributed by atoms with van der Waals surface area (Å²) in [5.74, 6) is -1.00. The van der Waals surface area contributed by atoms with Crippen molar-refractivity contribution >= 4 is 29.1 Å². The van der Waals surface area contributed by atoms with Gasteiger partial charge < -0.3 is 25.5 Å². The number of nitrogen functional groups attached to an aromatic ring is 1. The van der Waals surface area contributed by atoms with Crippen molar-refractivity contribution in [3.05, 3.63) is 28.8 Å². The maximum atomic E-state index is 12.4. The van der Waals surface area contributed by atoms with E-state index >= 15 is 0 Å². The largest absolute Gasteiger partial charge is 0.466 e. The molecule has 11 heteroatoms. The van der Waals surface area contributed by atoms with Gasteiger partial charge in [0, 0.05) is 18.9 Å². The van der Waals surface area contributed by atoms with Crippen molar-refractivity contribution in [2.24, 2.45) is 17.6 Å². The first-order valence-electron chi connectivity index (χ1n) is 18.7. The van der Waals surface area contributed by atoms with Crippen LogP contribution in [-0.4, -0.2) is 50.7 Å². The number of carbonyl (C=O) groups is 2. The molecule has 5 N–H and O–H groups in total. The molecule has 0 saturated carbocycles. The lowest BCUT2D eigenvalue weighted by Crippen LogP contribution is -2.38. The normalized spacial score (nSPS) is 13.0. The first-order valence-corrected chi connectivity index (χ1v) is 18.7. The Morgan fingerprint density at radius 1 is 0.896 bits per heavy atom. The van der Waals surface area contributed by atoms with E-state index < -0.39 is 17.6 Å². The van der Waals surface area contributed by atoms with Crippen LogP contribution in [0.25, 0.3) is 11.2 Å². The van der Waals surface area contributed by atoms with Crippen LogP contribution in [0.2, 0.25) is 0 Å². The Balaban J connectivity index is 1.58. The summed E-state index contributed by atoms with van der Waals surface area (Å²) in [6.07, 6.45) is 28.4. The van der Waals surface area contributed by atoms with E-state index in [2.05, 4.69) is 34.0 Å². The molecule has 0 radical (unpaired) electrons. The lowest BCUT2D eigenvalue weighted by atomic mass is 10.1. The zero-order valence-electron chi connectivity index (χ0n) is 30.1. The van der Waals surface area contributed by atoms with Gasteiger partial charge in [-0.1, -0.05) is 110 Å². The Hall–Kier alpha value is -3.21. The van der Waals surface area contributed by atoms with E-state index in [0.29, 0.717) is 25.0 Å². The number of hydrogen-bond donors (Lipinski definition) is 3. The Kier molecular flexibility index (Phi) is 21.2. The van der Waals surface area contributed by atoms with Crippen molar-refractivity contribution in [1.82, 2.24) is 19.5 Å². The van der Waals surface area contributed by atoms with Gasteiger partial charge in [-0.15, -0.1) is 0 Å². The fourth-order valence-corrected chi connectivity index (χ4v) is 5.64. The van der Waals surface area contributed by atoms with Crippen LogP contribution in [0.1, 0.15) is 143 Å². The number of ether oxygens (including phenoxy) is 2. The van der Waals surface area contributed by atoms with Gasteiger partial charge in [0.25, 0.3) is 5.56 Å². The molecule has 0 spiro atoms. The molecule has 0 aliphatic rings. The molecule has 2 heterocycles. The molecule has 0 aliphatic heterocycles. The second-order valence-corrected chi connectivity index (χ2v) is 13.5. The van der Waals surface area contributed by atoms with E-state index in [1.165, 1.54) is 96.2 Å². The number of anilines is 1. The first kappa shape index (κ1) is 41.0. The van der Waals surface area contributed by atoms with E-state index in [-0.39, 0.29) is 42.5 Å². The van der Waals surface area contributed by atoms with Gasteiger partial charge in [0.1, 0.15) is 6.04 Å². The number of allylic oxidation sites excluding steroid dienone is 2. The van der Waals surface area contributed by atoms with Crippen LogP contribution in [0.15, 0.2) is 23.3 Å². The van der Waals surface area contributed by atoms with Crippen LogP contribution < -0.4 is 17.0 Å². The minimum Gasteiger partial charge on any atom is -0.466 e. The average molecular weight is 673 g/mol. The summed E-state index contributed by atoms with van der Waals surface area (Å²) in [5.41, 5.74) is 11.8. The quantitative estimate of drug-likeness (QED) is 0.0474. The monoisotopic (exact) mass is 672 g/mol. The Labute approximate surface area is 288 Å². The summed E-state index contributed by atoms with van der Waals surface area (Å²) in [5, 5.41) is 0. The summed E-state index contributed by atoms with van der Waals surface area (Å²) < 4.78 is 12.7. The Bertz CT molecular complexity index is 1260. The van der Waals surface area contributed by atoms with Crippen molar-refractivity contribution in [3.8, 4) is 0 Å². The highest BCUT2D eigenvalue weighted by molar-refractivity contribution is 5.75. The number of hydrogen-bond acceptors (Lipinski definition) is 9. The second-order valence-electron chi connectivity index (χ2n) is 13.5. The maximum Gasteiger partial charge on any atom is 0.323 e. The molecule has 0 aromatic carbocycles. The summed E-state index contributed by atoms with van der Waals surface area (Å²) >= 11 is 0. The van der Waals surface area contributed by atoms with Gasteiger partial charge in [0.05, 0.1) is 19.5 Å². The molecule has 2 atom stereocenters. The van der Waals surface area contributed by atoms with Crippen molar-refractivity contribution in [3.63, 3.8) is 0 Å². The molecule has 0 bridgehead atoms. The topological polar surface area (TPSA) is 168 Å². The third kappa shape index (κ3) is 17.3. The number of rotatable bonds is 28. The van der Waals surface area contributed by atoms with E-state index in [1.54, 1.807) is 4.57 Å². The summed E-state index contributed by atoms with van der Waals surface area (Å²) in [6, 6.07) is -0.727. The molecule has 0 fully saturated rings. The van der Waals surface area contributed by atoms with Gasteiger partial charge in [-0.25, -0.2) is 4.98 Å². The van der Waals surface area contributed by atoms with E-state index in [0.717, 1.165) is 19.3 Å². The van der Waals surface area contributed by atoms with Gasteiger partial charge in [-0.05, 0) is 44.4 Å². The first-order chi connectivity index (χ1) is 23.2. The number of fused-ring (bicyclic) bond motifs is 1. The molecule has 0 amide bonds. The molecule has 0 saturated heterocycles. The van der Waals surface area contributed by atoms with Crippen molar-refractivity contribution in [1.29, 1.82) is 0 Å². The molecule has 0 aliphatic carbocycles. The lowest BCUT2D eigenvalue weighted by molar-refractivity contribution is -0.149. The van der Waals surface area contributed by atoms with Crippen molar-refractivity contribution in [2.75, 3.05) is 18.9 Å².